The summed E-state index contributed by atoms with van der Waals surface area (Å²) in [5.41, 5.74) is 0. The van der Waals surface area contributed by atoms with Crippen molar-refractivity contribution < 1.29 is 0 Å². The van der Waals surface area contributed by atoms with E-state index in [0.29, 0.717) is 6.04 Å². The van der Waals surface area contributed by atoms with Crippen molar-refractivity contribution in [3.05, 3.63) is 6.07 Å². The number of nitrogens with one attached hydrogen (secondary N) is 1. The summed E-state index contributed by atoms with van der Waals surface area (Å²) in [4.78, 5) is 11.3. The van der Waals surface area contributed by atoms with Crippen LogP contribution < -0.4 is 10.2 Å². The van der Waals surface area contributed by atoms with Gasteiger partial charge >= 0.3 is 0 Å². The fraction of sp³-hybridized carbons (Fsp3) is 0.692. The van der Waals surface area contributed by atoms with Crippen LogP contribution >= 0.6 is 23.5 Å². The second-order valence-electron chi connectivity index (χ2n) is 4.26. The molecule has 0 spiro atoms. The van der Waals surface area contributed by atoms with Crippen molar-refractivity contribution in [2.75, 3.05) is 42.1 Å². The Morgan fingerprint density at radius 2 is 2.05 bits per heavy atom. The van der Waals surface area contributed by atoms with E-state index in [1.807, 2.05) is 24.1 Å². The fourth-order valence-electron chi connectivity index (χ4n) is 1.84. The quantitative estimate of drug-likeness (QED) is 0.587. The van der Waals surface area contributed by atoms with Gasteiger partial charge in [-0.2, -0.15) is 11.8 Å². The Kier molecular flexibility index (Phi) is 7.38. The van der Waals surface area contributed by atoms with Crippen molar-refractivity contribution in [2.45, 2.75) is 31.5 Å². The van der Waals surface area contributed by atoms with Crippen molar-refractivity contribution in [3.63, 3.8) is 0 Å². The van der Waals surface area contributed by atoms with Gasteiger partial charge < -0.3 is 10.2 Å². The average Bonchev–Trinajstić information content (AvgIpc) is 2.44. The minimum Gasteiger partial charge on any atom is -0.370 e. The van der Waals surface area contributed by atoms with E-state index >= 15 is 0 Å². The number of rotatable bonds is 8. The van der Waals surface area contributed by atoms with Crippen molar-refractivity contribution in [3.8, 4) is 0 Å². The summed E-state index contributed by atoms with van der Waals surface area (Å²) >= 11 is 3.45. The van der Waals surface area contributed by atoms with Crippen LogP contribution in [0.1, 0.15) is 20.3 Å². The van der Waals surface area contributed by atoms with Crippen LogP contribution in [-0.4, -0.2) is 47.9 Å². The molecule has 1 N–H and O–H groups in total. The second-order valence-corrected chi connectivity index (χ2v) is 5.94. The molecule has 0 saturated carbocycles. The summed E-state index contributed by atoms with van der Waals surface area (Å²) < 4.78 is 0. The first-order valence-electron chi connectivity index (χ1n) is 6.54. The van der Waals surface area contributed by atoms with Gasteiger partial charge in [0.05, 0.1) is 0 Å². The normalized spacial score (nSPS) is 12.3. The smallest absolute Gasteiger partial charge is 0.191 e. The lowest BCUT2D eigenvalue weighted by Gasteiger charge is -2.28. The monoisotopic (exact) mass is 300 g/mol. The molecule has 1 heterocycles. The maximum Gasteiger partial charge on any atom is 0.191 e. The maximum atomic E-state index is 4.61. The Morgan fingerprint density at radius 3 is 2.58 bits per heavy atom. The third kappa shape index (κ3) is 4.76. The summed E-state index contributed by atoms with van der Waals surface area (Å²) in [5, 5.41) is 4.09. The van der Waals surface area contributed by atoms with Crippen LogP contribution in [0.4, 0.5) is 11.6 Å². The lowest BCUT2D eigenvalue weighted by Crippen LogP contribution is -2.34. The van der Waals surface area contributed by atoms with Crippen LogP contribution in [0, 0.1) is 0 Å². The fourth-order valence-corrected chi connectivity index (χ4v) is 3.06. The summed E-state index contributed by atoms with van der Waals surface area (Å²) in [6.45, 7) is 5.17. The van der Waals surface area contributed by atoms with Gasteiger partial charge in [0.1, 0.15) is 11.6 Å². The minimum atomic E-state index is 0.508. The molecule has 0 aromatic carbocycles. The predicted octanol–water partition coefficient (Wildman–Crippen LogP) is 3.21. The molecule has 1 atom stereocenters. The number of anilines is 2. The van der Waals surface area contributed by atoms with Crippen molar-refractivity contribution >= 4 is 35.2 Å². The molecule has 0 fully saturated rings. The second kappa shape index (κ2) is 8.53. The molecule has 0 bridgehead atoms. The van der Waals surface area contributed by atoms with Crippen molar-refractivity contribution in [1.82, 2.24) is 9.97 Å². The molecule has 1 unspecified atom stereocenters. The van der Waals surface area contributed by atoms with Gasteiger partial charge in [-0.3, -0.25) is 0 Å². The molecule has 0 radical (unpaired) electrons. The van der Waals surface area contributed by atoms with E-state index < -0.39 is 0 Å². The van der Waals surface area contributed by atoms with Gasteiger partial charge in [0.2, 0.25) is 0 Å². The van der Waals surface area contributed by atoms with Gasteiger partial charge in [-0.25, -0.2) is 9.97 Å². The molecular formula is C13H24N4S2. The highest BCUT2D eigenvalue weighted by Gasteiger charge is 2.15. The van der Waals surface area contributed by atoms with Gasteiger partial charge in [-0.1, -0.05) is 18.7 Å². The van der Waals surface area contributed by atoms with Crippen molar-refractivity contribution in [2.24, 2.45) is 0 Å². The Balaban J connectivity index is 2.99. The van der Waals surface area contributed by atoms with E-state index in [1.54, 1.807) is 11.8 Å². The zero-order valence-corrected chi connectivity index (χ0v) is 14.1. The zero-order valence-electron chi connectivity index (χ0n) is 12.4. The van der Waals surface area contributed by atoms with E-state index in [4.69, 9.17) is 0 Å². The molecule has 0 aliphatic heterocycles. The summed E-state index contributed by atoms with van der Waals surface area (Å²) in [5.74, 6) is 3.02. The molecule has 1 aromatic rings. The lowest BCUT2D eigenvalue weighted by atomic mass is 10.2. The van der Waals surface area contributed by atoms with Crippen LogP contribution in [0.25, 0.3) is 0 Å². The molecule has 1 aromatic heterocycles. The number of hydrogen-bond acceptors (Lipinski definition) is 6. The van der Waals surface area contributed by atoms with Gasteiger partial charge in [0.25, 0.3) is 0 Å². The number of hydrogen-bond donors (Lipinski definition) is 1. The first-order chi connectivity index (χ1) is 9.15. The number of thioether (sulfide) groups is 2. The molecule has 4 nitrogen and oxygen atoms in total. The largest absolute Gasteiger partial charge is 0.370 e. The molecular weight excluding hydrogens is 276 g/mol. The zero-order chi connectivity index (χ0) is 14.3. The molecule has 108 valence electrons. The maximum absolute atomic E-state index is 4.61. The third-order valence-corrected chi connectivity index (χ3v) is 4.24. The van der Waals surface area contributed by atoms with Crippen LogP contribution in [-0.2, 0) is 0 Å². The van der Waals surface area contributed by atoms with E-state index in [-0.39, 0.29) is 0 Å². The van der Waals surface area contributed by atoms with E-state index in [1.165, 1.54) is 0 Å². The molecule has 0 saturated heterocycles. The summed E-state index contributed by atoms with van der Waals surface area (Å²) in [6, 6.07) is 2.54. The van der Waals surface area contributed by atoms with Crippen LogP contribution in [0.3, 0.4) is 0 Å². The molecule has 0 aliphatic rings. The molecule has 0 aliphatic carbocycles. The van der Waals surface area contributed by atoms with Crippen LogP contribution in [0.2, 0.25) is 0 Å². The van der Waals surface area contributed by atoms with E-state index in [9.17, 15) is 0 Å². The highest BCUT2D eigenvalue weighted by Crippen LogP contribution is 2.22. The predicted molar refractivity (Wildman–Crippen MR) is 88.8 cm³/mol. The lowest BCUT2D eigenvalue weighted by molar-refractivity contribution is 0.661. The Bertz CT molecular complexity index is 387. The highest BCUT2D eigenvalue weighted by molar-refractivity contribution is 7.98. The van der Waals surface area contributed by atoms with E-state index in [0.717, 1.165) is 35.5 Å². The van der Waals surface area contributed by atoms with Crippen LogP contribution in [0.15, 0.2) is 11.2 Å². The topological polar surface area (TPSA) is 41.0 Å². The molecule has 0 amide bonds. The number of nitrogens with zero attached hydrogens (tertiary/aromatic N) is 3. The van der Waals surface area contributed by atoms with Gasteiger partial charge in [-0.05, 0) is 25.9 Å². The first-order valence-corrected chi connectivity index (χ1v) is 9.16. The molecule has 6 heteroatoms. The molecule has 19 heavy (non-hydrogen) atoms. The van der Waals surface area contributed by atoms with Crippen LogP contribution in [0.5, 0.6) is 0 Å². The SMILES string of the molecule is CCNc1cc(N(C)C(CC)CSC)nc(SC)n1. The highest BCUT2D eigenvalue weighted by atomic mass is 32.2. The molecule has 1 rings (SSSR count). The minimum absolute atomic E-state index is 0.508. The van der Waals surface area contributed by atoms with Crippen molar-refractivity contribution in [1.29, 1.82) is 0 Å². The standard InChI is InChI=1S/C13H24N4S2/c1-6-10(9-18-4)17(3)12-8-11(14-7-2)15-13(16-12)19-5/h8,10H,6-7,9H2,1-5H3,(H,14,15,16). The Hall–Kier alpha value is -0.620. The van der Waals surface area contributed by atoms with E-state index in [2.05, 4.69) is 47.3 Å². The summed E-state index contributed by atoms with van der Waals surface area (Å²) in [6.07, 6.45) is 5.27. The number of aromatic nitrogens is 2. The van der Waals surface area contributed by atoms with Gasteiger partial charge in [0, 0.05) is 31.5 Å². The Morgan fingerprint density at radius 1 is 1.32 bits per heavy atom. The summed E-state index contributed by atoms with van der Waals surface area (Å²) in [7, 11) is 2.12. The van der Waals surface area contributed by atoms with Gasteiger partial charge in [-0.15, -0.1) is 0 Å². The third-order valence-electron chi connectivity index (χ3n) is 2.97. The van der Waals surface area contributed by atoms with Gasteiger partial charge in [0.15, 0.2) is 5.16 Å². The first kappa shape index (κ1) is 16.4. The Labute approximate surface area is 125 Å². The average molecular weight is 300 g/mol.